The zero-order chi connectivity index (χ0) is 60.9. The van der Waals surface area contributed by atoms with Gasteiger partial charge in [0, 0.05) is 49.7 Å². The molecule has 4 heteroatoms. The van der Waals surface area contributed by atoms with Gasteiger partial charge < -0.3 is 9.80 Å². The molecule has 0 aromatic heterocycles. The van der Waals surface area contributed by atoms with E-state index in [-0.39, 0.29) is 5.92 Å². The van der Waals surface area contributed by atoms with E-state index in [4.69, 9.17) is 0 Å². The summed E-state index contributed by atoms with van der Waals surface area (Å²) in [6.07, 6.45) is 7.89. The minimum atomic E-state index is -0.600. The first-order valence-corrected chi connectivity index (χ1v) is 33.3. The van der Waals surface area contributed by atoms with Gasteiger partial charge in [0.15, 0.2) is 0 Å². The Labute approximate surface area is 542 Å². The molecule has 0 radical (unpaired) electrons. The van der Waals surface area contributed by atoms with E-state index < -0.39 is 10.8 Å². The second-order valence-corrected chi connectivity index (χ2v) is 26.0. The molecule has 3 atom stereocenters. The largest absolute Gasteiger partial charge is 0.310 e. The number of rotatable bonds is 16. The second kappa shape index (κ2) is 23.5. The summed E-state index contributed by atoms with van der Waals surface area (Å²) in [5, 5.41) is 6.95. The minimum absolute atomic E-state index is 0.154. The normalized spacial score (nSPS) is 16.5. The van der Waals surface area contributed by atoms with E-state index in [2.05, 4.69) is 344 Å². The topological polar surface area (TPSA) is 6.48 Å². The molecule has 3 aliphatic rings. The van der Waals surface area contributed by atoms with Gasteiger partial charge in [-0.3, -0.25) is 0 Å². The quantitative estimate of drug-likeness (QED) is 0.0702. The van der Waals surface area contributed by atoms with Crippen molar-refractivity contribution in [1.29, 1.82) is 0 Å². The van der Waals surface area contributed by atoms with Crippen LogP contribution in [0.15, 0.2) is 344 Å². The number of hydrogen-bond acceptors (Lipinski definition) is 4. The smallest absolute Gasteiger partial charge is 0.0714 e. The van der Waals surface area contributed by atoms with Gasteiger partial charge in [-0.2, -0.15) is 0 Å². The zero-order valence-corrected chi connectivity index (χ0v) is 52.0. The molecule has 0 fully saturated rings. The highest BCUT2D eigenvalue weighted by molar-refractivity contribution is 8.02. The van der Waals surface area contributed by atoms with Crippen LogP contribution in [0.1, 0.15) is 45.4 Å². The van der Waals surface area contributed by atoms with Gasteiger partial charge in [0.1, 0.15) is 0 Å². The van der Waals surface area contributed by atoms with Crippen molar-refractivity contribution in [3.63, 3.8) is 0 Å². The summed E-state index contributed by atoms with van der Waals surface area (Å²) in [5.41, 5.74) is 21.9. The van der Waals surface area contributed by atoms with Gasteiger partial charge in [0.25, 0.3) is 0 Å². The molecular weight excluding hydrogens is 1140 g/mol. The molecule has 0 heterocycles. The molecule has 16 rings (SSSR count). The van der Waals surface area contributed by atoms with E-state index in [9.17, 15) is 0 Å². The number of fused-ring (bicyclic) bond motifs is 8. The lowest BCUT2D eigenvalue weighted by atomic mass is 9.62. The first kappa shape index (κ1) is 55.9. The van der Waals surface area contributed by atoms with Crippen molar-refractivity contribution < 1.29 is 0 Å². The van der Waals surface area contributed by atoms with Gasteiger partial charge >= 0.3 is 0 Å². The predicted octanol–water partition coefficient (Wildman–Crippen LogP) is 21.9. The molecule has 91 heavy (non-hydrogen) atoms. The van der Waals surface area contributed by atoms with Crippen LogP contribution in [0.25, 0.3) is 56.3 Å². The third-order valence-electron chi connectivity index (χ3n) is 19.1. The van der Waals surface area contributed by atoms with Crippen LogP contribution in [-0.4, -0.2) is 5.75 Å². The van der Waals surface area contributed by atoms with Gasteiger partial charge in [0.05, 0.1) is 10.8 Å². The summed E-state index contributed by atoms with van der Waals surface area (Å²) in [6, 6.07) is 116. The molecular formula is C87H64N2S2. The summed E-state index contributed by atoms with van der Waals surface area (Å²) in [4.78, 5) is 7.25. The predicted molar refractivity (Wildman–Crippen MR) is 388 cm³/mol. The van der Waals surface area contributed by atoms with Crippen LogP contribution < -0.4 is 20.2 Å². The maximum atomic E-state index is 4.04. The Morgan fingerprint density at radius 2 is 0.857 bits per heavy atom. The molecule has 0 amide bonds. The Kier molecular flexibility index (Phi) is 14.5. The van der Waals surface area contributed by atoms with Gasteiger partial charge in [-0.05, 0) is 214 Å². The lowest BCUT2D eigenvalue weighted by molar-refractivity contribution is 0.488. The van der Waals surface area contributed by atoms with Crippen molar-refractivity contribution in [2.75, 3.05) is 15.6 Å². The third kappa shape index (κ3) is 9.51. The van der Waals surface area contributed by atoms with Crippen LogP contribution >= 0.6 is 23.5 Å². The Morgan fingerprint density at radius 1 is 0.374 bits per heavy atom. The van der Waals surface area contributed by atoms with Crippen LogP contribution in [0.3, 0.4) is 0 Å². The fraction of sp³-hybridized carbons (Fsp3) is 0.0575. The molecule has 0 bridgehead atoms. The Balaban J connectivity index is 0.782. The van der Waals surface area contributed by atoms with E-state index in [0.717, 1.165) is 57.4 Å². The van der Waals surface area contributed by atoms with Gasteiger partial charge in [-0.1, -0.05) is 243 Å². The molecule has 3 aliphatic carbocycles. The lowest BCUT2D eigenvalue weighted by Gasteiger charge is -2.40. The molecule has 0 N–H and O–H groups in total. The van der Waals surface area contributed by atoms with Crippen molar-refractivity contribution in [1.82, 2.24) is 0 Å². The standard InChI is InChI=1S/C87H64N2S2/c1-3-55-91-77-51-41-67(42-52-77)87(69-38-32-61-20-12-14-22-65(61)57-69)83-30-18-16-28-79(83)81-54-48-75(59-85(81)87)89(71-25-9-6-10-26-71)73-45-35-63(36-46-73)62-33-43-72(44-34-62)88(70-23-7-5-8-24-70)74-47-53-80-78-27-15-17-29-82(78)86(84(80)58-74,66-39-49-76(50-40-66)90-4-2)68-37-31-60-19-11-13-21-64(60)56-68/h3-36,38-54,56-59,68H,1-2,37,55H2. The molecule has 0 saturated heterocycles. The van der Waals surface area contributed by atoms with Crippen molar-refractivity contribution >= 4 is 80.6 Å². The van der Waals surface area contributed by atoms with E-state index in [0.29, 0.717) is 0 Å². The molecule has 13 aromatic carbocycles. The summed E-state index contributed by atoms with van der Waals surface area (Å²) >= 11 is 3.48. The highest BCUT2D eigenvalue weighted by atomic mass is 32.2. The lowest BCUT2D eigenvalue weighted by Crippen LogP contribution is -2.40. The Morgan fingerprint density at radius 3 is 1.49 bits per heavy atom. The van der Waals surface area contributed by atoms with E-state index in [1.165, 1.54) is 92.2 Å². The summed E-state index contributed by atoms with van der Waals surface area (Å²) in [6.45, 7) is 8.04. The first-order chi connectivity index (χ1) is 45.0. The SMILES string of the molecule is C=CCSc1ccc(C2(c3ccc4ccccc4c3)c3ccccc3-c3ccc(N(c4ccccc4)c4ccc(-c5ccc(N(c6ccccc6)c6ccc7c(c6)C(c6ccc(SC=C)cc6)(C6C=c8ccccc8=CC6)c6ccccc6-7)cc5)cc4)cc32)cc1. The highest BCUT2D eigenvalue weighted by Gasteiger charge is 2.50. The average molecular weight is 1200 g/mol. The summed E-state index contributed by atoms with van der Waals surface area (Å²) in [7, 11) is 0. The maximum absolute atomic E-state index is 4.04. The fourth-order valence-corrected chi connectivity index (χ4v) is 16.3. The molecule has 3 unspecified atom stereocenters. The number of hydrogen-bond donors (Lipinski definition) is 0. The Bertz CT molecular complexity index is 5040. The van der Waals surface area contributed by atoms with E-state index in [1.54, 1.807) is 11.8 Å². The summed E-state index contributed by atoms with van der Waals surface area (Å²) < 4.78 is 0. The highest BCUT2D eigenvalue weighted by Crippen LogP contribution is 2.60. The van der Waals surface area contributed by atoms with Crippen molar-refractivity contribution in [3.8, 4) is 33.4 Å². The average Bonchev–Trinajstić information content (AvgIpc) is 1.61. The fourth-order valence-electron chi connectivity index (χ4n) is 15.2. The van der Waals surface area contributed by atoms with Crippen LogP contribution in [0.2, 0.25) is 0 Å². The van der Waals surface area contributed by atoms with Gasteiger partial charge in [0.2, 0.25) is 0 Å². The van der Waals surface area contributed by atoms with Crippen molar-refractivity contribution in [2.45, 2.75) is 27.0 Å². The van der Waals surface area contributed by atoms with Crippen LogP contribution in [0, 0.1) is 5.92 Å². The molecule has 2 nitrogen and oxygen atoms in total. The first-order valence-electron chi connectivity index (χ1n) is 31.4. The number of benzene rings is 13. The molecule has 0 saturated carbocycles. The van der Waals surface area contributed by atoms with Crippen LogP contribution in [0.5, 0.6) is 0 Å². The Hall–Kier alpha value is -10.4. The van der Waals surface area contributed by atoms with E-state index >= 15 is 0 Å². The molecule has 13 aromatic rings. The number of thioether (sulfide) groups is 2. The number of anilines is 6. The maximum Gasteiger partial charge on any atom is 0.0714 e. The molecule has 0 spiro atoms. The van der Waals surface area contributed by atoms with Crippen LogP contribution in [0.4, 0.5) is 34.1 Å². The molecule has 434 valence electrons. The van der Waals surface area contributed by atoms with Crippen molar-refractivity contribution in [3.05, 3.63) is 383 Å². The van der Waals surface area contributed by atoms with Crippen LogP contribution in [-0.2, 0) is 10.8 Å². The monoisotopic (exact) mass is 1200 g/mol. The van der Waals surface area contributed by atoms with Crippen molar-refractivity contribution in [2.24, 2.45) is 5.92 Å². The number of para-hydroxylation sites is 2. The number of nitrogens with zero attached hydrogens (tertiary/aromatic N) is 2. The zero-order valence-electron chi connectivity index (χ0n) is 50.4. The third-order valence-corrected chi connectivity index (χ3v) is 20.8. The minimum Gasteiger partial charge on any atom is -0.310 e. The summed E-state index contributed by atoms with van der Waals surface area (Å²) in [5.74, 6) is 1.01. The van der Waals surface area contributed by atoms with Gasteiger partial charge in [-0.25, -0.2) is 0 Å². The second-order valence-electron chi connectivity index (χ2n) is 23.9. The van der Waals surface area contributed by atoms with E-state index in [1.807, 2.05) is 23.2 Å². The van der Waals surface area contributed by atoms with Gasteiger partial charge in [-0.15, -0.1) is 18.3 Å². The molecule has 0 aliphatic heterocycles.